The third-order valence-electron chi connectivity index (χ3n) is 5.58. The molecule has 0 bridgehead atoms. The fourth-order valence-corrected chi connectivity index (χ4v) is 6.66. The molecule has 0 radical (unpaired) electrons. The molecule has 156 valence electrons. The van der Waals surface area contributed by atoms with Crippen molar-refractivity contribution in [3.05, 3.63) is 30.3 Å². The van der Waals surface area contributed by atoms with Crippen LogP contribution >= 0.6 is 11.8 Å². The molecule has 2 heterocycles. The van der Waals surface area contributed by atoms with Crippen LogP contribution in [0.15, 0.2) is 35.5 Å². The molecule has 2 aromatic rings. The van der Waals surface area contributed by atoms with E-state index in [0.717, 1.165) is 18.5 Å². The molecule has 1 saturated heterocycles. The summed E-state index contributed by atoms with van der Waals surface area (Å²) in [5.74, 6) is 0.180. The van der Waals surface area contributed by atoms with E-state index in [1.807, 2.05) is 35.0 Å². The van der Waals surface area contributed by atoms with E-state index in [-0.39, 0.29) is 29.2 Å². The molecule has 1 atom stereocenters. The second-order valence-electron chi connectivity index (χ2n) is 7.64. The summed E-state index contributed by atoms with van der Waals surface area (Å²) in [6.07, 6.45) is 6.17. The van der Waals surface area contributed by atoms with Crippen molar-refractivity contribution >= 4 is 33.2 Å². The second kappa shape index (κ2) is 8.83. The zero-order chi connectivity index (χ0) is 20.3. The first-order chi connectivity index (χ1) is 14.0. The van der Waals surface area contributed by atoms with Crippen LogP contribution in [0.5, 0.6) is 0 Å². The number of thioether (sulfide) groups is 1. The van der Waals surface area contributed by atoms with Crippen molar-refractivity contribution in [2.24, 2.45) is 0 Å². The molecule has 10 heteroatoms. The molecule has 0 N–H and O–H groups in total. The summed E-state index contributed by atoms with van der Waals surface area (Å²) in [5, 5.41) is 12.7. The number of carbonyl (C=O) groups excluding carboxylic acids is 1. The number of hydrogen-bond donors (Lipinski definition) is 0. The van der Waals surface area contributed by atoms with Crippen molar-refractivity contribution in [3.63, 3.8) is 0 Å². The summed E-state index contributed by atoms with van der Waals surface area (Å²) < 4.78 is 25.8. The quantitative estimate of drug-likeness (QED) is 0.643. The average molecular weight is 436 g/mol. The van der Waals surface area contributed by atoms with E-state index in [9.17, 15) is 13.2 Å². The Morgan fingerprint density at radius 2 is 1.90 bits per heavy atom. The van der Waals surface area contributed by atoms with E-state index in [1.54, 1.807) is 4.90 Å². The van der Waals surface area contributed by atoms with Crippen molar-refractivity contribution in [2.75, 3.05) is 22.2 Å². The predicted octanol–water partition coefficient (Wildman–Crippen LogP) is 2.49. The SMILES string of the molecule is O=C(CSc1nnnn1C1CCCCC1)N(c1ccccc1)[C@H]1CCS(=O)(=O)C1. The summed E-state index contributed by atoms with van der Waals surface area (Å²) in [4.78, 5) is 14.8. The third kappa shape index (κ3) is 4.80. The van der Waals surface area contributed by atoms with Crippen LogP contribution in [-0.4, -0.2) is 57.8 Å². The van der Waals surface area contributed by atoms with Gasteiger partial charge in [-0.2, -0.15) is 0 Å². The first-order valence-corrected chi connectivity index (χ1v) is 12.8. The van der Waals surface area contributed by atoms with Gasteiger partial charge in [-0.1, -0.05) is 49.2 Å². The van der Waals surface area contributed by atoms with Gasteiger partial charge in [0.2, 0.25) is 11.1 Å². The number of aromatic nitrogens is 4. The van der Waals surface area contributed by atoms with Gasteiger partial charge in [0.1, 0.15) is 0 Å². The van der Waals surface area contributed by atoms with Crippen molar-refractivity contribution in [2.45, 2.75) is 55.8 Å². The van der Waals surface area contributed by atoms with E-state index in [1.165, 1.54) is 31.0 Å². The molecule has 0 spiro atoms. The molecule has 1 aliphatic heterocycles. The molecule has 1 aromatic heterocycles. The minimum Gasteiger partial charge on any atom is -0.308 e. The molecule has 1 amide bonds. The minimum atomic E-state index is -3.10. The second-order valence-corrected chi connectivity index (χ2v) is 10.8. The van der Waals surface area contributed by atoms with Crippen molar-refractivity contribution in [3.8, 4) is 0 Å². The molecule has 1 aliphatic carbocycles. The van der Waals surface area contributed by atoms with E-state index < -0.39 is 9.84 Å². The molecule has 8 nitrogen and oxygen atoms in total. The van der Waals surface area contributed by atoms with Gasteiger partial charge in [-0.15, -0.1) is 5.10 Å². The van der Waals surface area contributed by atoms with E-state index in [4.69, 9.17) is 0 Å². The number of nitrogens with zero attached hydrogens (tertiary/aromatic N) is 5. The maximum Gasteiger partial charge on any atom is 0.237 e. The number of carbonyl (C=O) groups is 1. The van der Waals surface area contributed by atoms with Crippen LogP contribution in [0.2, 0.25) is 0 Å². The zero-order valence-electron chi connectivity index (χ0n) is 16.2. The highest BCUT2D eigenvalue weighted by Gasteiger charge is 2.35. The Balaban J connectivity index is 1.48. The van der Waals surface area contributed by atoms with Crippen LogP contribution < -0.4 is 4.90 Å². The fraction of sp³-hybridized carbons (Fsp3) is 0.579. The molecule has 2 fully saturated rings. The highest BCUT2D eigenvalue weighted by molar-refractivity contribution is 7.99. The van der Waals surface area contributed by atoms with Gasteiger partial charge < -0.3 is 4.90 Å². The van der Waals surface area contributed by atoms with Crippen LogP contribution in [-0.2, 0) is 14.6 Å². The Labute approximate surface area is 175 Å². The summed E-state index contributed by atoms with van der Waals surface area (Å²) in [6, 6.07) is 9.25. The number of sulfone groups is 1. The van der Waals surface area contributed by atoms with Crippen LogP contribution in [0.25, 0.3) is 0 Å². The largest absolute Gasteiger partial charge is 0.308 e. The Bertz CT molecular complexity index is 942. The first kappa shape index (κ1) is 20.3. The molecule has 0 unspecified atom stereocenters. The molecular formula is C19H25N5O3S2. The van der Waals surface area contributed by atoms with Crippen LogP contribution in [0, 0.1) is 0 Å². The van der Waals surface area contributed by atoms with Gasteiger partial charge in [0, 0.05) is 5.69 Å². The fourth-order valence-electron chi connectivity index (χ4n) is 4.16. The number of para-hydroxylation sites is 1. The predicted molar refractivity (Wildman–Crippen MR) is 112 cm³/mol. The van der Waals surface area contributed by atoms with Gasteiger partial charge in [0.05, 0.1) is 29.3 Å². The Kier molecular flexibility index (Phi) is 6.19. The lowest BCUT2D eigenvalue weighted by Crippen LogP contribution is -2.42. The van der Waals surface area contributed by atoms with Gasteiger partial charge in [-0.3, -0.25) is 4.79 Å². The Morgan fingerprint density at radius 1 is 1.14 bits per heavy atom. The van der Waals surface area contributed by atoms with Crippen molar-refractivity contribution < 1.29 is 13.2 Å². The zero-order valence-corrected chi connectivity index (χ0v) is 17.8. The topological polar surface area (TPSA) is 98.1 Å². The lowest BCUT2D eigenvalue weighted by Gasteiger charge is -2.28. The van der Waals surface area contributed by atoms with Gasteiger partial charge >= 0.3 is 0 Å². The van der Waals surface area contributed by atoms with Crippen molar-refractivity contribution in [1.29, 1.82) is 0 Å². The van der Waals surface area contributed by atoms with Crippen LogP contribution in [0.4, 0.5) is 5.69 Å². The number of rotatable bonds is 6. The first-order valence-electron chi connectivity index (χ1n) is 10.0. The number of tetrazole rings is 1. The molecule has 1 saturated carbocycles. The molecular weight excluding hydrogens is 410 g/mol. The Hall–Kier alpha value is -1.94. The molecule has 4 rings (SSSR count). The summed E-state index contributed by atoms with van der Waals surface area (Å²) in [5.41, 5.74) is 0.729. The average Bonchev–Trinajstić information content (AvgIpc) is 3.34. The van der Waals surface area contributed by atoms with Crippen LogP contribution in [0.1, 0.15) is 44.6 Å². The van der Waals surface area contributed by atoms with Crippen LogP contribution in [0.3, 0.4) is 0 Å². The number of hydrogen-bond acceptors (Lipinski definition) is 7. The minimum absolute atomic E-state index is 0.0120. The highest BCUT2D eigenvalue weighted by Crippen LogP contribution is 2.31. The van der Waals surface area contributed by atoms with E-state index in [2.05, 4.69) is 15.5 Å². The maximum atomic E-state index is 13.2. The van der Waals surface area contributed by atoms with Gasteiger partial charge in [0.15, 0.2) is 9.84 Å². The number of benzene rings is 1. The highest BCUT2D eigenvalue weighted by atomic mass is 32.2. The third-order valence-corrected chi connectivity index (χ3v) is 8.25. The van der Waals surface area contributed by atoms with Gasteiger partial charge in [-0.25, -0.2) is 13.1 Å². The van der Waals surface area contributed by atoms with E-state index in [0.29, 0.717) is 17.6 Å². The smallest absolute Gasteiger partial charge is 0.237 e. The summed E-state index contributed by atoms with van der Waals surface area (Å²) >= 11 is 1.32. The summed E-state index contributed by atoms with van der Waals surface area (Å²) in [7, 11) is -3.10. The maximum absolute atomic E-state index is 13.2. The lowest BCUT2D eigenvalue weighted by molar-refractivity contribution is -0.116. The summed E-state index contributed by atoms with van der Waals surface area (Å²) in [6.45, 7) is 0. The number of amides is 1. The standard InChI is InChI=1S/C19H25N5O3S2/c25-18(13-28-19-20-21-22-24(19)16-9-5-2-6-10-16)23(15-7-3-1-4-8-15)17-11-12-29(26,27)14-17/h1,3-4,7-8,16-17H,2,5-6,9-14H2/t17-/m0/s1. The molecule has 1 aromatic carbocycles. The number of anilines is 1. The monoisotopic (exact) mass is 435 g/mol. The Morgan fingerprint density at radius 3 is 2.59 bits per heavy atom. The van der Waals surface area contributed by atoms with Gasteiger partial charge in [0.25, 0.3) is 0 Å². The van der Waals surface area contributed by atoms with Gasteiger partial charge in [-0.05, 0) is 41.8 Å². The lowest BCUT2D eigenvalue weighted by atomic mass is 9.96. The van der Waals surface area contributed by atoms with Crippen molar-refractivity contribution in [1.82, 2.24) is 20.2 Å². The normalized spacial score (nSPS) is 21.9. The molecule has 29 heavy (non-hydrogen) atoms. The molecule has 2 aliphatic rings. The van der Waals surface area contributed by atoms with E-state index >= 15 is 0 Å².